The van der Waals surface area contributed by atoms with Crippen LogP contribution in [0.25, 0.3) is 0 Å². The molecule has 0 aromatic heterocycles. The number of carbonyl (C=O) groups excluding carboxylic acids is 2. The van der Waals surface area contributed by atoms with E-state index in [0.717, 1.165) is 0 Å². The minimum atomic E-state index is -0.388. The summed E-state index contributed by atoms with van der Waals surface area (Å²) in [5.74, 6) is -0.146. The van der Waals surface area contributed by atoms with E-state index in [1.807, 2.05) is 0 Å². The van der Waals surface area contributed by atoms with Crippen LogP contribution in [0.15, 0.2) is 18.2 Å². The Kier molecular flexibility index (Phi) is 5.92. The lowest BCUT2D eigenvalue weighted by atomic mass is 10.3. The van der Waals surface area contributed by atoms with Crippen LogP contribution in [0.3, 0.4) is 0 Å². The third kappa shape index (κ3) is 5.36. The van der Waals surface area contributed by atoms with Gasteiger partial charge in [0.1, 0.15) is 5.75 Å². The predicted octanol–water partition coefficient (Wildman–Crippen LogP) is 1.58. The molecule has 0 fully saturated rings. The van der Waals surface area contributed by atoms with Crippen LogP contribution in [-0.4, -0.2) is 44.0 Å². The van der Waals surface area contributed by atoms with Gasteiger partial charge in [0.2, 0.25) is 5.91 Å². The van der Waals surface area contributed by atoms with Crippen molar-refractivity contribution in [3.05, 3.63) is 28.2 Å². The predicted molar refractivity (Wildman–Crippen MR) is 73.7 cm³/mol. The second kappa shape index (κ2) is 7.21. The standard InChI is InChI=1S/C12H14Cl2N2O3/c1-16(2)12(18)6-15-11(17)7-19-8-3-4-9(13)10(14)5-8/h3-5H,6-7H2,1-2H3,(H,15,17). The van der Waals surface area contributed by atoms with Gasteiger partial charge in [-0.05, 0) is 12.1 Å². The molecule has 104 valence electrons. The van der Waals surface area contributed by atoms with Gasteiger partial charge in [0.05, 0.1) is 16.6 Å². The highest BCUT2D eigenvalue weighted by molar-refractivity contribution is 6.42. The summed E-state index contributed by atoms with van der Waals surface area (Å²) in [5, 5.41) is 3.21. The molecule has 0 unspecified atom stereocenters. The van der Waals surface area contributed by atoms with Gasteiger partial charge in [0.25, 0.3) is 5.91 Å². The minimum Gasteiger partial charge on any atom is -0.484 e. The second-order valence-corrected chi connectivity index (χ2v) is 4.74. The summed E-state index contributed by atoms with van der Waals surface area (Å²) in [7, 11) is 3.22. The van der Waals surface area contributed by atoms with Crippen LogP contribution >= 0.6 is 23.2 Å². The molecule has 0 saturated heterocycles. The topological polar surface area (TPSA) is 58.6 Å². The van der Waals surface area contributed by atoms with Crippen molar-refractivity contribution in [2.45, 2.75) is 0 Å². The summed E-state index contributed by atoms with van der Waals surface area (Å²) < 4.78 is 5.22. The Hall–Kier alpha value is -1.46. The Morgan fingerprint density at radius 1 is 1.26 bits per heavy atom. The van der Waals surface area contributed by atoms with Crippen LogP contribution in [0.2, 0.25) is 10.0 Å². The maximum atomic E-state index is 11.4. The lowest BCUT2D eigenvalue weighted by Crippen LogP contribution is -2.38. The van der Waals surface area contributed by atoms with Crippen LogP contribution in [0.5, 0.6) is 5.75 Å². The minimum absolute atomic E-state index is 0.0590. The highest BCUT2D eigenvalue weighted by Crippen LogP contribution is 2.26. The molecule has 1 aromatic rings. The Bertz CT molecular complexity index is 478. The van der Waals surface area contributed by atoms with Crippen molar-refractivity contribution >= 4 is 35.0 Å². The molecule has 1 N–H and O–H groups in total. The number of nitrogens with one attached hydrogen (secondary N) is 1. The van der Waals surface area contributed by atoms with Crippen LogP contribution in [0, 0.1) is 0 Å². The molecular weight excluding hydrogens is 291 g/mol. The monoisotopic (exact) mass is 304 g/mol. The zero-order valence-corrected chi connectivity index (χ0v) is 12.1. The van der Waals surface area contributed by atoms with E-state index in [9.17, 15) is 9.59 Å². The Labute approximate surface area is 121 Å². The molecule has 0 spiro atoms. The van der Waals surface area contributed by atoms with Gasteiger partial charge in [-0.25, -0.2) is 0 Å². The maximum absolute atomic E-state index is 11.4. The molecular formula is C12H14Cl2N2O3. The molecule has 1 rings (SSSR count). The first-order chi connectivity index (χ1) is 8.90. The fourth-order valence-corrected chi connectivity index (χ4v) is 1.39. The zero-order chi connectivity index (χ0) is 14.4. The number of ether oxygens (including phenoxy) is 1. The molecule has 2 amide bonds. The van der Waals surface area contributed by atoms with Crippen molar-refractivity contribution in [1.82, 2.24) is 10.2 Å². The van der Waals surface area contributed by atoms with Crippen molar-refractivity contribution < 1.29 is 14.3 Å². The number of nitrogens with zero attached hydrogens (tertiary/aromatic N) is 1. The summed E-state index contributed by atoms with van der Waals surface area (Å²) in [5.41, 5.74) is 0. The molecule has 19 heavy (non-hydrogen) atoms. The van der Waals surface area contributed by atoms with Gasteiger partial charge >= 0.3 is 0 Å². The van der Waals surface area contributed by atoms with Gasteiger partial charge in [-0.1, -0.05) is 23.2 Å². The van der Waals surface area contributed by atoms with Gasteiger partial charge in [-0.2, -0.15) is 0 Å². The third-order valence-corrected chi connectivity index (χ3v) is 2.94. The number of carbonyl (C=O) groups is 2. The van der Waals surface area contributed by atoms with Crippen LogP contribution in [-0.2, 0) is 9.59 Å². The molecule has 7 heteroatoms. The largest absolute Gasteiger partial charge is 0.484 e. The number of rotatable bonds is 5. The molecule has 0 heterocycles. The number of amides is 2. The molecule has 0 atom stereocenters. The second-order valence-electron chi connectivity index (χ2n) is 3.93. The van der Waals surface area contributed by atoms with Gasteiger partial charge in [-0.15, -0.1) is 0 Å². The van der Waals surface area contributed by atoms with Crippen molar-refractivity contribution in [1.29, 1.82) is 0 Å². The van der Waals surface area contributed by atoms with Crippen LogP contribution in [0.4, 0.5) is 0 Å². The third-order valence-electron chi connectivity index (χ3n) is 2.20. The fraction of sp³-hybridized carbons (Fsp3) is 0.333. The number of hydrogen-bond acceptors (Lipinski definition) is 3. The number of benzene rings is 1. The van der Waals surface area contributed by atoms with Crippen molar-refractivity contribution in [2.24, 2.45) is 0 Å². The first kappa shape index (κ1) is 15.6. The quantitative estimate of drug-likeness (QED) is 0.898. The molecule has 1 aromatic carbocycles. The molecule has 0 aliphatic rings. The van der Waals surface area contributed by atoms with Crippen molar-refractivity contribution in [2.75, 3.05) is 27.2 Å². The highest BCUT2D eigenvalue weighted by Gasteiger charge is 2.08. The van der Waals surface area contributed by atoms with Gasteiger partial charge < -0.3 is 15.0 Å². The summed E-state index contributed by atoms with van der Waals surface area (Å²) in [4.78, 5) is 24.1. The average molecular weight is 305 g/mol. The number of hydrogen-bond donors (Lipinski definition) is 1. The van der Waals surface area contributed by atoms with E-state index in [0.29, 0.717) is 15.8 Å². The molecule has 0 saturated carbocycles. The van der Waals surface area contributed by atoms with Gasteiger partial charge in [-0.3, -0.25) is 9.59 Å². The maximum Gasteiger partial charge on any atom is 0.258 e. The Morgan fingerprint density at radius 2 is 1.95 bits per heavy atom. The highest BCUT2D eigenvalue weighted by atomic mass is 35.5. The summed E-state index contributed by atoms with van der Waals surface area (Å²) >= 11 is 11.6. The van der Waals surface area contributed by atoms with E-state index < -0.39 is 0 Å². The zero-order valence-electron chi connectivity index (χ0n) is 10.6. The van der Waals surface area contributed by atoms with E-state index in [4.69, 9.17) is 27.9 Å². The molecule has 0 radical (unpaired) electrons. The molecule has 0 aliphatic heterocycles. The van der Waals surface area contributed by atoms with Crippen molar-refractivity contribution in [3.63, 3.8) is 0 Å². The van der Waals surface area contributed by atoms with E-state index in [1.165, 1.54) is 11.0 Å². The fourth-order valence-electron chi connectivity index (χ4n) is 1.10. The molecule has 0 bridgehead atoms. The van der Waals surface area contributed by atoms with Crippen LogP contribution < -0.4 is 10.1 Å². The average Bonchev–Trinajstić information content (AvgIpc) is 2.37. The summed E-state index contributed by atoms with van der Waals surface area (Å²) in [6, 6.07) is 4.70. The lowest BCUT2D eigenvalue weighted by molar-refractivity contribution is -0.131. The van der Waals surface area contributed by atoms with Crippen molar-refractivity contribution in [3.8, 4) is 5.75 Å². The van der Waals surface area contributed by atoms with E-state index >= 15 is 0 Å². The van der Waals surface area contributed by atoms with E-state index in [1.54, 1.807) is 26.2 Å². The summed E-state index contributed by atoms with van der Waals surface area (Å²) in [6.07, 6.45) is 0. The lowest BCUT2D eigenvalue weighted by Gasteiger charge is -2.11. The van der Waals surface area contributed by atoms with E-state index in [2.05, 4.69) is 5.32 Å². The molecule has 5 nitrogen and oxygen atoms in total. The summed E-state index contributed by atoms with van der Waals surface area (Å²) in [6.45, 7) is -0.255. The van der Waals surface area contributed by atoms with Gasteiger partial charge in [0, 0.05) is 20.2 Å². The molecule has 0 aliphatic carbocycles. The Balaban J connectivity index is 2.38. The number of likely N-dealkylation sites (N-methyl/N-ethyl adjacent to an activating group) is 1. The SMILES string of the molecule is CN(C)C(=O)CNC(=O)COc1ccc(Cl)c(Cl)c1. The smallest absolute Gasteiger partial charge is 0.258 e. The normalized spacial score (nSPS) is 9.89. The van der Waals surface area contributed by atoms with Gasteiger partial charge in [0.15, 0.2) is 6.61 Å². The Morgan fingerprint density at radius 3 is 2.53 bits per heavy atom. The van der Waals surface area contributed by atoms with Crippen LogP contribution in [0.1, 0.15) is 0 Å². The van der Waals surface area contributed by atoms with E-state index in [-0.39, 0.29) is 25.0 Å². The first-order valence-corrected chi connectivity index (χ1v) is 6.20. The first-order valence-electron chi connectivity index (χ1n) is 5.45. The number of halogens is 2.